The van der Waals surface area contributed by atoms with Crippen LogP contribution in [0.15, 0.2) is 108 Å². The molecule has 14 nitrogen and oxygen atoms in total. The van der Waals surface area contributed by atoms with Gasteiger partial charge in [-0.1, -0.05) is 55.3 Å². The molecule has 16 heteroatoms. The van der Waals surface area contributed by atoms with Crippen LogP contribution >= 0.6 is 0 Å². The lowest BCUT2D eigenvalue weighted by Crippen LogP contribution is -2.30. The van der Waals surface area contributed by atoms with Gasteiger partial charge >= 0.3 is 0 Å². The Kier molecular flexibility index (Phi) is 16.8. The number of carbonyl (C=O) groups is 2. The number of aromatic nitrogens is 6. The molecule has 0 aliphatic heterocycles. The Bertz CT molecular complexity index is 2990. The molecule has 75 heavy (non-hydrogen) atoms. The van der Waals surface area contributed by atoms with Crippen LogP contribution in [0.3, 0.4) is 0 Å². The Hall–Kier alpha value is -6.62. The number of amides is 2. The molecule has 3 aliphatic carbocycles. The summed E-state index contributed by atoms with van der Waals surface area (Å²) in [4.78, 5) is 39.3. The van der Waals surface area contributed by atoms with E-state index in [9.17, 15) is 18.4 Å². The van der Waals surface area contributed by atoms with Crippen molar-refractivity contribution in [2.45, 2.75) is 109 Å². The third-order valence-corrected chi connectivity index (χ3v) is 15.2. The molecule has 0 spiro atoms. The second kappa shape index (κ2) is 24.4. The molecule has 4 heterocycles. The smallest absolute Gasteiger partial charge is 0.284 e. The number of rotatable bonds is 26. The van der Waals surface area contributed by atoms with Crippen molar-refractivity contribution in [2.24, 2.45) is 17.8 Å². The highest BCUT2D eigenvalue weighted by molar-refractivity contribution is 6.03. The lowest BCUT2D eigenvalue weighted by Gasteiger charge is -2.31. The van der Waals surface area contributed by atoms with E-state index in [-0.39, 0.29) is 29.2 Å². The average molecular weight is 1020 g/mol. The van der Waals surface area contributed by atoms with Crippen molar-refractivity contribution in [3.63, 3.8) is 0 Å². The molecule has 0 saturated heterocycles. The molecular formula is C59H70F2N10O4. The first-order valence-electron chi connectivity index (χ1n) is 27.0. The summed E-state index contributed by atoms with van der Waals surface area (Å²) < 4.78 is 43.7. The number of hydrogen-bond acceptors (Lipinski definition) is 10. The highest BCUT2D eigenvalue weighted by Gasteiger charge is 2.29. The van der Waals surface area contributed by atoms with Gasteiger partial charge in [-0.15, -0.1) is 0 Å². The van der Waals surface area contributed by atoms with Crippen LogP contribution < -0.4 is 10.6 Å². The predicted molar refractivity (Wildman–Crippen MR) is 286 cm³/mol. The molecule has 4 aromatic heterocycles. The molecule has 0 bridgehead atoms. The number of alkyl halides is 2. The Morgan fingerprint density at radius 2 is 1.52 bits per heavy atom. The summed E-state index contributed by atoms with van der Waals surface area (Å²) in [5.41, 5.74) is 7.79. The van der Waals surface area contributed by atoms with Crippen molar-refractivity contribution in [3.8, 4) is 22.6 Å². The molecule has 3 aliphatic rings. The number of nitrogens with one attached hydrogen (secondary N) is 2. The fraction of sp³-hybridized carbons (Fsp3) is 0.458. The maximum atomic E-state index is 14.2. The summed E-state index contributed by atoms with van der Waals surface area (Å²) in [6.07, 6.45) is 15.9. The summed E-state index contributed by atoms with van der Waals surface area (Å²) in [6.45, 7) is 6.17. The quantitative estimate of drug-likeness (QED) is 0.0502. The molecule has 7 aromatic rings. The van der Waals surface area contributed by atoms with E-state index in [0.717, 1.165) is 101 Å². The number of oxazole rings is 1. The van der Waals surface area contributed by atoms with Crippen LogP contribution in [0.4, 0.5) is 14.5 Å². The lowest BCUT2D eigenvalue weighted by atomic mass is 9.86. The van der Waals surface area contributed by atoms with E-state index in [1.165, 1.54) is 65.7 Å². The number of benzene rings is 3. The molecule has 3 aromatic carbocycles. The van der Waals surface area contributed by atoms with Crippen molar-refractivity contribution >= 4 is 28.4 Å². The minimum Gasteiger partial charge on any atom is -0.444 e. The SMILES string of the molecule is CN(CCCOCCCN(C)C(=O)c1ccc(CNCc2ccc(-c3ccc4c(cnn4CC4CC4)c3)cc2)cc1)CC1CCC(n2cc(NC(=O)c3coc(-c4ccnc(CCC5CC5)c4)n3)c(C(F)F)n2)CC1. The number of carbonyl (C=O) groups excluding carboxylic acids is 2. The maximum absolute atomic E-state index is 14.2. The number of ether oxygens (including phenoxy) is 1. The Morgan fingerprint density at radius 3 is 2.25 bits per heavy atom. The maximum Gasteiger partial charge on any atom is 0.284 e. The van der Waals surface area contributed by atoms with E-state index in [1.807, 2.05) is 43.6 Å². The first-order valence-corrected chi connectivity index (χ1v) is 27.0. The van der Waals surface area contributed by atoms with Crippen molar-refractivity contribution in [2.75, 3.05) is 52.3 Å². The normalized spacial score (nSPS) is 16.8. The van der Waals surface area contributed by atoms with Crippen LogP contribution in [-0.2, 0) is 30.8 Å². The molecule has 3 saturated carbocycles. The van der Waals surface area contributed by atoms with Gasteiger partial charge in [0.25, 0.3) is 18.2 Å². The van der Waals surface area contributed by atoms with Gasteiger partial charge in [0, 0.05) is 94.1 Å². The van der Waals surface area contributed by atoms with Crippen molar-refractivity contribution < 1.29 is 27.5 Å². The zero-order valence-electron chi connectivity index (χ0n) is 43.3. The lowest BCUT2D eigenvalue weighted by molar-refractivity contribution is 0.0756. The molecule has 2 N–H and O–H groups in total. The van der Waals surface area contributed by atoms with Gasteiger partial charge in [-0.3, -0.25) is 23.9 Å². The standard InChI is InChI=1S/C59H70F2N10O4/c1-68(36-43-14-22-51(23-15-43)70-38-52(55(67-70)56(60)61)65-57(72)53-39-75-58(66-53)48-25-26-63-50(32-48)21-13-40-5-6-40)27-3-29-74-30-4-28-69(2)59(73)46-18-11-42(12-19-46)34-62-33-41-9-16-45(17-10-41)47-20-24-54-49(31-47)35-64-71(54)37-44-7-8-44/h9-12,16-20,24-26,31-32,35,38-40,43-44,51,56,62H,3-8,13-15,21-23,27-30,33-34,36-37H2,1-2H3,(H,65,72). The molecule has 10 rings (SSSR count). The first-order chi connectivity index (χ1) is 36.6. The van der Waals surface area contributed by atoms with Crippen LogP contribution in [0.5, 0.6) is 0 Å². The number of halogens is 2. The number of hydrogen-bond donors (Lipinski definition) is 2. The molecule has 0 radical (unpaired) electrons. The van der Waals surface area contributed by atoms with E-state index < -0.39 is 18.0 Å². The minimum absolute atomic E-state index is 0.000215. The van der Waals surface area contributed by atoms with Gasteiger partial charge in [0.1, 0.15) is 6.26 Å². The zero-order valence-corrected chi connectivity index (χ0v) is 43.3. The predicted octanol–water partition coefficient (Wildman–Crippen LogP) is 11.4. The number of aryl methyl sites for hydroxylation is 1. The van der Waals surface area contributed by atoms with Crippen LogP contribution in [0.2, 0.25) is 0 Å². The van der Waals surface area contributed by atoms with Gasteiger partial charge in [0.15, 0.2) is 11.4 Å². The van der Waals surface area contributed by atoms with E-state index in [0.29, 0.717) is 43.3 Å². The summed E-state index contributed by atoms with van der Waals surface area (Å²) in [5, 5.41) is 16.2. The van der Waals surface area contributed by atoms with Crippen molar-refractivity contribution in [1.29, 1.82) is 0 Å². The Labute approximate surface area is 438 Å². The monoisotopic (exact) mass is 1020 g/mol. The van der Waals surface area contributed by atoms with E-state index in [1.54, 1.807) is 21.8 Å². The van der Waals surface area contributed by atoms with Crippen LogP contribution in [0, 0.1) is 17.8 Å². The number of pyridine rings is 1. The molecule has 0 atom stereocenters. The second-order valence-corrected chi connectivity index (χ2v) is 21.2. The third-order valence-electron chi connectivity index (χ3n) is 15.2. The third kappa shape index (κ3) is 14.0. The van der Waals surface area contributed by atoms with E-state index in [4.69, 9.17) is 9.15 Å². The van der Waals surface area contributed by atoms with E-state index in [2.05, 4.69) is 89.9 Å². The number of fused-ring (bicyclic) bond motifs is 1. The fourth-order valence-corrected chi connectivity index (χ4v) is 10.3. The Balaban J connectivity index is 0.578. The first kappa shape index (κ1) is 51.8. The van der Waals surface area contributed by atoms with Crippen LogP contribution in [0.25, 0.3) is 33.5 Å². The molecular weight excluding hydrogens is 951 g/mol. The van der Waals surface area contributed by atoms with Crippen LogP contribution in [0.1, 0.15) is 126 Å². The number of anilines is 1. The van der Waals surface area contributed by atoms with Gasteiger partial charge in [-0.2, -0.15) is 10.2 Å². The summed E-state index contributed by atoms with van der Waals surface area (Å²) in [6, 6.07) is 26.9. The Morgan fingerprint density at radius 1 is 0.813 bits per heavy atom. The van der Waals surface area contributed by atoms with Gasteiger partial charge in [0.2, 0.25) is 5.89 Å². The zero-order chi connectivity index (χ0) is 51.7. The largest absolute Gasteiger partial charge is 0.444 e. The van der Waals surface area contributed by atoms with Gasteiger partial charge in [-0.25, -0.2) is 13.8 Å². The van der Waals surface area contributed by atoms with E-state index >= 15 is 0 Å². The second-order valence-electron chi connectivity index (χ2n) is 21.2. The average Bonchev–Trinajstić information content (AvgIpc) is 4.29. The van der Waals surface area contributed by atoms with Crippen LogP contribution in [-0.4, -0.2) is 98.1 Å². The topological polar surface area (TPSA) is 148 Å². The fourth-order valence-electron chi connectivity index (χ4n) is 10.3. The van der Waals surface area contributed by atoms with Gasteiger partial charge < -0.3 is 29.6 Å². The van der Waals surface area contributed by atoms with Gasteiger partial charge in [0.05, 0.1) is 23.4 Å². The minimum atomic E-state index is -2.85. The van der Waals surface area contributed by atoms with Gasteiger partial charge in [-0.05, 0) is 148 Å². The molecule has 394 valence electrons. The molecule has 3 fully saturated rings. The van der Waals surface area contributed by atoms with Crippen molar-refractivity contribution in [1.82, 2.24) is 44.6 Å². The molecule has 0 unspecified atom stereocenters. The molecule has 2 amide bonds. The summed E-state index contributed by atoms with van der Waals surface area (Å²) in [7, 11) is 3.97. The number of nitrogens with zero attached hydrogens (tertiary/aromatic N) is 8. The highest BCUT2D eigenvalue weighted by Crippen LogP contribution is 2.37. The highest BCUT2D eigenvalue weighted by atomic mass is 19.3. The summed E-state index contributed by atoms with van der Waals surface area (Å²) in [5.74, 6) is 1.70. The van der Waals surface area contributed by atoms with Crippen molar-refractivity contribution in [3.05, 3.63) is 137 Å². The summed E-state index contributed by atoms with van der Waals surface area (Å²) >= 11 is 0.